The highest BCUT2D eigenvalue weighted by molar-refractivity contribution is 7.47. The van der Waals surface area contributed by atoms with Crippen LogP contribution in [-0.4, -0.2) is 32.2 Å². The molecule has 6 nitrogen and oxygen atoms in total. The van der Waals surface area contributed by atoms with Gasteiger partial charge in [-0.3, -0.25) is 9.42 Å². The fraction of sp³-hybridized carbons (Fsp3) is 0.455. The lowest BCUT2D eigenvalue weighted by atomic mass is 10.2. The molecule has 0 bridgehead atoms. The van der Waals surface area contributed by atoms with Gasteiger partial charge < -0.3 is 14.6 Å². The summed E-state index contributed by atoms with van der Waals surface area (Å²) in [5.41, 5.74) is 0.852. The second-order valence-corrected chi connectivity index (χ2v) is 4.95. The maximum Gasteiger partial charge on any atom is 0.527 e. The van der Waals surface area contributed by atoms with Crippen LogP contribution in [0, 0.1) is 0 Å². The monoisotopic (exact) mass is 275 g/mol. The molecular weight excluding hydrogens is 257 g/mol. The van der Waals surface area contributed by atoms with E-state index in [4.69, 9.17) is 13.8 Å². The Bertz CT molecular complexity index is 412. The highest BCUT2D eigenvalue weighted by Gasteiger charge is 2.22. The Kier molecular flexibility index (Phi) is 6.32. The zero-order valence-corrected chi connectivity index (χ0v) is 11.4. The molecule has 0 aromatic heterocycles. The van der Waals surface area contributed by atoms with Crippen LogP contribution in [0.15, 0.2) is 24.3 Å². The number of phosphoric acid groups is 1. The van der Waals surface area contributed by atoms with Crippen molar-refractivity contribution in [3.05, 3.63) is 29.8 Å². The molecule has 0 amide bonds. The summed E-state index contributed by atoms with van der Waals surface area (Å²) in [5, 5.41) is 2.80. The number of nitrogens with one attached hydrogen (secondary N) is 1. The molecule has 0 saturated heterocycles. The van der Waals surface area contributed by atoms with Crippen molar-refractivity contribution in [2.45, 2.75) is 6.61 Å². The van der Waals surface area contributed by atoms with Gasteiger partial charge in [-0.1, -0.05) is 12.1 Å². The molecule has 0 spiro atoms. The van der Waals surface area contributed by atoms with E-state index in [0.29, 0.717) is 13.2 Å². The van der Waals surface area contributed by atoms with Crippen molar-refractivity contribution in [3.63, 3.8) is 0 Å². The fourth-order valence-corrected chi connectivity index (χ4v) is 2.04. The van der Waals surface area contributed by atoms with Gasteiger partial charge in [0.05, 0.1) is 13.2 Å². The van der Waals surface area contributed by atoms with Crippen molar-refractivity contribution < 1.29 is 23.2 Å². The Hall–Kier alpha value is -0.910. The first-order valence-corrected chi connectivity index (χ1v) is 6.96. The molecule has 0 saturated carbocycles. The van der Waals surface area contributed by atoms with Crippen molar-refractivity contribution in [2.24, 2.45) is 0 Å². The standard InChI is InChI=1S/C11H18NO5P/c1-12-6-7-16-18(13,14)17-11-5-3-4-10(8-11)9-15-2/h3-5,8,12H,6-7,9H2,1-2H3,(H,13,14). The Morgan fingerprint density at radius 1 is 1.44 bits per heavy atom. The molecule has 1 aromatic rings. The van der Waals surface area contributed by atoms with Crippen LogP contribution in [0.3, 0.4) is 0 Å². The van der Waals surface area contributed by atoms with Crippen LogP contribution in [0.2, 0.25) is 0 Å². The number of hydrogen-bond acceptors (Lipinski definition) is 5. The van der Waals surface area contributed by atoms with Gasteiger partial charge in [0.25, 0.3) is 0 Å². The molecule has 0 aliphatic carbocycles. The van der Waals surface area contributed by atoms with Gasteiger partial charge in [-0.25, -0.2) is 4.57 Å². The maximum atomic E-state index is 11.6. The average Bonchev–Trinajstić information content (AvgIpc) is 2.29. The van der Waals surface area contributed by atoms with Crippen LogP contribution in [0.4, 0.5) is 0 Å². The number of hydrogen-bond donors (Lipinski definition) is 2. The Balaban J connectivity index is 2.59. The Morgan fingerprint density at radius 3 is 2.89 bits per heavy atom. The molecule has 18 heavy (non-hydrogen) atoms. The third kappa shape index (κ3) is 5.62. The van der Waals surface area contributed by atoms with Gasteiger partial charge in [0.1, 0.15) is 5.75 Å². The first kappa shape index (κ1) is 15.1. The quantitative estimate of drug-likeness (QED) is 0.553. The van der Waals surface area contributed by atoms with Gasteiger partial charge in [0.15, 0.2) is 0 Å². The molecule has 1 unspecified atom stereocenters. The molecule has 2 N–H and O–H groups in total. The Labute approximate surface area is 106 Å². The molecule has 0 heterocycles. The summed E-state index contributed by atoms with van der Waals surface area (Å²) in [7, 11) is -0.766. The summed E-state index contributed by atoms with van der Waals surface area (Å²) in [5.74, 6) is 0.278. The van der Waals surface area contributed by atoms with E-state index >= 15 is 0 Å². The van der Waals surface area contributed by atoms with E-state index in [0.717, 1.165) is 5.56 Å². The zero-order valence-electron chi connectivity index (χ0n) is 10.5. The normalized spacial score (nSPS) is 14.2. The number of methoxy groups -OCH3 is 1. The minimum absolute atomic E-state index is 0.0992. The lowest BCUT2D eigenvalue weighted by Crippen LogP contribution is -2.14. The number of benzene rings is 1. The average molecular weight is 275 g/mol. The molecule has 1 rings (SSSR count). The lowest BCUT2D eigenvalue weighted by Gasteiger charge is -2.13. The first-order chi connectivity index (χ1) is 8.57. The van der Waals surface area contributed by atoms with Gasteiger partial charge in [0, 0.05) is 13.7 Å². The first-order valence-electron chi connectivity index (χ1n) is 5.47. The topological polar surface area (TPSA) is 77.0 Å². The molecule has 1 aromatic carbocycles. The molecule has 0 fully saturated rings. The second kappa shape index (κ2) is 7.51. The van der Waals surface area contributed by atoms with Gasteiger partial charge >= 0.3 is 7.82 Å². The second-order valence-electron chi connectivity index (χ2n) is 3.58. The van der Waals surface area contributed by atoms with Crippen LogP contribution in [0.5, 0.6) is 5.75 Å². The minimum atomic E-state index is -4.06. The number of phosphoric ester groups is 1. The van der Waals surface area contributed by atoms with Crippen molar-refractivity contribution in [1.82, 2.24) is 5.32 Å². The molecule has 1 atom stereocenters. The molecule has 0 aliphatic rings. The molecule has 0 aliphatic heterocycles. The number of likely N-dealkylation sites (N-methyl/N-ethyl adjacent to an activating group) is 1. The summed E-state index contributed by atoms with van der Waals surface area (Å²) in [4.78, 5) is 9.47. The predicted octanol–water partition coefficient (Wildman–Crippen LogP) is 1.55. The summed E-state index contributed by atoms with van der Waals surface area (Å²) >= 11 is 0. The SMILES string of the molecule is CNCCOP(=O)(O)Oc1cccc(COC)c1. The predicted molar refractivity (Wildman–Crippen MR) is 67.5 cm³/mol. The van der Waals surface area contributed by atoms with E-state index in [1.807, 2.05) is 6.07 Å². The van der Waals surface area contributed by atoms with Crippen molar-refractivity contribution in [1.29, 1.82) is 0 Å². The molecule has 7 heteroatoms. The van der Waals surface area contributed by atoms with E-state index in [1.54, 1.807) is 32.4 Å². The molecule has 102 valence electrons. The number of rotatable bonds is 8. The van der Waals surface area contributed by atoms with Gasteiger partial charge in [-0.15, -0.1) is 0 Å². The van der Waals surface area contributed by atoms with Gasteiger partial charge in [0.2, 0.25) is 0 Å². The number of ether oxygens (including phenoxy) is 1. The van der Waals surface area contributed by atoms with Gasteiger partial charge in [-0.2, -0.15) is 0 Å². The summed E-state index contributed by atoms with van der Waals surface area (Å²) in [6.45, 7) is 0.979. The highest BCUT2D eigenvalue weighted by atomic mass is 31.2. The van der Waals surface area contributed by atoms with Crippen LogP contribution < -0.4 is 9.84 Å². The smallest absolute Gasteiger partial charge is 0.404 e. The molecule has 0 radical (unpaired) electrons. The summed E-state index contributed by atoms with van der Waals surface area (Å²) in [6, 6.07) is 6.77. The summed E-state index contributed by atoms with van der Waals surface area (Å²) < 4.78 is 26.3. The van der Waals surface area contributed by atoms with Gasteiger partial charge in [-0.05, 0) is 24.7 Å². The Morgan fingerprint density at radius 2 is 2.22 bits per heavy atom. The zero-order chi connectivity index (χ0) is 13.4. The van der Waals surface area contributed by atoms with E-state index < -0.39 is 7.82 Å². The maximum absolute atomic E-state index is 11.6. The third-order valence-corrected chi connectivity index (χ3v) is 2.99. The van der Waals surface area contributed by atoms with Crippen LogP contribution in [0.25, 0.3) is 0 Å². The van der Waals surface area contributed by atoms with E-state index in [2.05, 4.69) is 5.32 Å². The van der Waals surface area contributed by atoms with E-state index in [-0.39, 0.29) is 12.4 Å². The highest BCUT2D eigenvalue weighted by Crippen LogP contribution is 2.43. The summed E-state index contributed by atoms with van der Waals surface area (Å²) in [6.07, 6.45) is 0. The van der Waals surface area contributed by atoms with Crippen molar-refractivity contribution >= 4 is 7.82 Å². The van der Waals surface area contributed by atoms with Crippen LogP contribution >= 0.6 is 7.82 Å². The largest absolute Gasteiger partial charge is 0.527 e. The molecular formula is C11H18NO5P. The van der Waals surface area contributed by atoms with Crippen molar-refractivity contribution in [3.8, 4) is 5.75 Å². The third-order valence-electron chi connectivity index (χ3n) is 2.04. The van der Waals surface area contributed by atoms with Crippen molar-refractivity contribution in [2.75, 3.05) is 27.3 Å². The minimum Gasteiger partial charge on any atom is -0.404 e. The van der Waals surface area contributed by atoms with E-state index in [1.165, 1.54) is 0 Å². The van der Waals surface area contributed by atoms with Crippen LogP contribution in [-0.2, 0) is 20.4 Å². The van der Waals surface area contributed by atoms with E-state index in [9.17, 15) is 9.46 Å². The van der Waals surface area contributed by atoms with Crippen LogP contribution in [0.1, 0.15) is 5.56 Å². The lowest BCUT2D eigenvalue weighted by molar-refractivity contribution is 0.184. The fourth-order valence-electron chi connectivity index (χ4n) is 1.28.